The lowest BCUT2D eigenvalue weighted by atomic mass is 10.1. The third kappa shape index (κ3) is 4.19. The molecule has 1 fully saturated rings. The van der Waals surface area contributed by atoms with Crippen LogP contribution in [0.15, 0.2) is 36.4 Å². The highest BCUT2D eigenvalue weighted by Crippen LogP contribution is 2.21. The number of amides is 3. The van der Waals surface area contributed by atoms with E-state index >= 15 is 0 Å². The molecule has 0 spiro atoms. The minimum atomic E-state index is -0.343. The van der Waals surface area contributed by atoms with Crippen molar-refractivity contribution in [3.63, 3.8) is 0 Å². The Hall–Kier alpha value is -3.22. The zero-order valence-electron chi connectivity index (χ0n) is 16.1. The highest BCUT2D eigenvalue weighted by atomic mass is 16.2. The molecule has 1 N–H and O–H groups in total. The Kier molecular flexibility index (Phi) is 6.03. The molecule has 1 aromatic carbocycles. The number of aromatic nitrogens is 1. The number of hydrogen-bond donors (Lipinski definition) is 1. The molecule has 1 saturated heterocycles. The molecule has 0 saturated carbocycles. The van der Waals surface area contributed by atoms with Gasteiger partial charge in [-0.05, 0) is 36.6 Å². The summed E-state index contributed by atoms with van der Waals surface area (Å²) in [5.41, 5.74) is 3.25. The third-order valence-electron chi connectivity index (χ3n) is 4.93. The number of rotatable bonds is 5. The van der Waals surface area contributed by atoms with Crippen molar-refractivity contribution in [3.05, 3.63) is 58.9 Å². The van der Waals surface area contributed by atoms with Crippen LogP contribution in [0.5, 0.6) is 0 Å². The van der Waals surface area contributed by atoms with Crippen LogP contribution >= 0.6 is 0 Å². The van der Waals surface area contributed by atoms with Crippen molar-refractivity contribution in [1.82, 2.24) is 14.8 Å². The Morgan fingerprint density at radius 1 is 1.07 bits per heavy atom. The summed E-state index contributed by atoms with van der Waals surface area (Å²) in [5, 5.41) is 2.93. The molecule has 1 aliphatic heterocycles. The number of carbonyl (C=O) groups is 3. The molecule has 0 bridgehead atoms. The van der Waals surface area contributed by atoms with Gasteiger partial charge in [-0.1, -0.05) is 31.2 Å². The maximum absolute atomic E-state index is 12.7. The fourth-order valence-electron chi connectivity index (χ4n) is 3.25. The van der Waals surface area contributed by atoms with Gasteiger partial charge in [-0.25, -0.2) is 4.98 Å². The second-order valence-corrected chi connectivity index (χ2v) is 6.76. The SMILES string of the molecule is CCc1cccc(C)c1NC(=O)c1cccc(C(=O)N2CCN(C=O)CC2)n1. The van der Waals surface area contributed by atoms with Crippen molar-refractivity contribution in [3.8, 4) is 0 Å². The first kappa shape index (κ1) is 19.5. The number of aryl methyl sites for hydroxylation is 2. The number of anilines is 1. The Morgan fingerprint density at radius 2 is 1.75 bits per heavy atom. The Bertz CT molecular complexity index is 889. The number of piperazine rings is 1. The summed E-state index contributed by atoms with van der Waals surface area (Å²) in [4.78, 5) is 43.8. The fourth-order valence-corrected chi connectivity index (χ4v) is 3.25. The molecule has 1 aromatic heterocycles. The summed E-state index contributed by atoms with van der Waals surface area (Å²) in [7, 11) is 0. The Morgan fingerprint density at radius 3 is 2.43 bits per heavy atom. The maximum atomic E-state index is 12.7. The summed E-state index contributed by atoms with van der Waals surface area (Å²) in [6.07, 6.45) is 1.59. The smallest absolute Gasteiger partial charge is 0.274 e. The van der Waals surface area contributed by atoms with Crippen LogP contribution in [0, 0.1) is 6.92 Å². The highest BCUT2D eigenvalue weighted by molar-refractivity contribution is 6.04. The molecule has 0 atom stereocenters. The zero-order chi connectivity index (χ0) is 20.1. The van der Waals surface area contributed by atoms with Crippen molar-refractivity contribution < 1.29 is 14.4 Å². The van der Waals surface area contributed by atoms with E-state index in [1.807, 2.05) is 32.0 Å². The van der Waals surface area contributed by atoms with Gasteiger partial charge >= 0.3 is 0 Å². The molecule has 0 radical (unpaired) electrons. The molecule has 28 heavy (non-hydrogen) atoms. The van der Waals surface area contributed by atoms with Crippen LogP contribution in [-0.2, 0) is 11.2 Å². The van der Waals surface area contributed by atoms with Gasteiger partial charge in [0.1, 0.15) is 11.4 Å². The quantitative estimate of drug-likeness (QED) is 0.806. The van der Waals surface area contributed by atoms with Gasteiger partial charge in [0.25, 0.3) is 11.8 Å². The average molecular weight is 380 g/mol. The fraction of sp³-hybridized carbons (Fsp3) is 0.333. The van der Waals surface area contributed by atoms with Crippen LogP contribution in [0.1, 0.15) is 39.0 Å². The second-order valence-electron chi connectivity index (χ2n) is 6.76. The van der Waals surface area contributed by atoms with Gasteiger partial charge in [-0.15, -0.1) is 0 Å². The summed E-state index contributed by atoms with van der Waals surface area (Å²) in [6, 6.07) is 10.8. The predicted molar refractivity (Wildman–Crippen MR) is 106 cm³/mol. The van der Waals surface area contributed by atoms with Gasteiger partial charge in [-0.2, -0.15) is 0 Å². The molecule has 3 amide bonds. The minimum absolute atomic E-state index is 0.197. The lowest BCUT2D eigenvalue weighted by Gasteiger charge is -2.32. The first-order valence-electron chi connectivity index (χ1n) is 9.39. The van der Waals surface area contributed by atoms with Crippen LogP contribution in [0.4, 0.5) is 5.69 Å². The summed E-state index contributed by atoms with van der Waals surface area (Å²) in [6.45, 7) is 5.90. The predicted octanol–water partition coefficient (Wildman–Crippen LogP) is 2.12. The Balaban J connectivity index is 1.75. The van der Waals surface area contributed by atoms with E-state index in [0.717, 1.165) is 29.6 Å². The standard InChI is InChI=1S/C21H24N4O3/c1-3-16-7-4-6-15(2)19(16)23-20(27)17-8-5-9-18(22-17)21(28)25-12-10-24(14-26)11-13-25/h4-9,14H,3,10-13H2,1-2H3,(H,23,27). The van der Waals surface area contributed by atoms with Gasteiger partial charge in [-0.3, -0.25) is 14.4 Å². The first-order valence-corrected chi connectivity index (χ1v) is 9.39. The molecule has 7 heteroatoms. The number of hydrogen-bond acceptors (Lipinski definition) is 4. The Labute approximate surface area is 164 Å². The van der Waals surface area contributed by atoms with Crippen molar-refractivity contribution in [1.29, 1.82) is 0 Å². The van der Waals surface area contributed by atoms with Crippen molar-refractivity contribution in [2.75, 3.05) is 31.5 Å². The number of benzene rings is 1. The normalized spacial score (nSPS) is 13.9. The van der Waals surface area contributed by atoms with Crippen molar-refractivity contribution in [2.45, 2.75) is 20.3 Å². The zero-order valence-corrected chi connectivity index (χ0v) is 16.1. The highest BCUT2D eigenvalue weighted by Gasteiger charge is 2.23. The van der Waals surface area contributed by atoms with E-state index in [-0.39, 0.29) is 23.2 Å². The van der Waals surface area contributed by atoms with Crippen LogP contribution in [-0.4, -0.2) is 59.2 Å². The summed E-state index contributed by atoms with van der Waals surface area (Å²) in [5.74, 6) is -0.574. The van der Waals surface area contributed by atoms with E-state index in [0.29, 0.717) is 26.2 Å². The van der Waals surface area contributed by atoms with Gasteiger partial charge < -0.3 is 15.1 Å². The van der Waals surface area contributed by atoms with E-state index in [9.17, 15) is 14.4 Å². The molecule has 0 unspecified atom stereocenters. The molecule has 3 rings (SSSR count). The lowest BCUT2D eigenvalue weighted by molar-refractivity contribution is -0.119. The van der Waals surface area contributed by atoms with Crippen molar-refractivity contribution in [2.24, 2.45) is 0 Å². The van der Waals surface area contributed by atoms with Gasteiger partial charge in [0, 0.05) is 31.9 Å². The lowest BCUT2D eigenvalue weighted by Crippen LogP contribution is -2.48. The minimum Gasteiger partial charge on any atom is -0.342 e. The first-order chi connectivity index (χ1) is 13.5. The van der Waals surface area contributed by atoms with Crippen LogP contribution in [0.25, 0.3) is 0 Å². The molecule has 146 valence electrons. The van der Waals surface area contributed by atoms with Gasteiger partial charge in [0.2, 0.25) is 6.41 Å². The molecular formula is C21H24N4O3. The number of nitrogens with zero attached hydrogens (tertiary/aromatic N) is 3. The van der Waals surface area contributed by atoms with E-state index in [1.165, 1.54) is 0 Å². The third-order valence-corrected chi connectivity index (χ3v) is 4.93. The number of pyridine rings is 1. The van der Waals surface area contributed by atoms with E-state index < -0.39 is 0 Å². The topological polar surface area (TPSA) is 82.6 Å². The monoisotopic (exact) mass is 380 g/mol. The van der Waals surface area contributed by atoms with E-state index in [1.54, 1.807) is 28.0 Å². The maximum Gasteiger partial charge on any atom is 0.274 e. The average Bonchev–Trinajstić information content (AvgIpc) is 2.74. The van der Waals surface area contributed by atoms with Gasteiger partial charge in [0.15, 0.2) is 0 Å². The largest absolute Gasteiger partial charge is 0.342 e. The van der Waals surface area contributed by atoms with Crippen LogP contribution < -0.4 is 5.32 Å². The molecule has 7 nitrogen and oxygen atoms in total. The number of nitrogens with one attached hydrogen (secondary N) is 1. The number of para-hydroxylation sites is 1. The summed E-state index contributed by atoms with van der Waals surface area (Å²) >= 11 is 0. The number of carbonyl (C=O) groups excluding carboxylic acids is 3. The molecule has 0 aliphatic carbocycles. The van der Waals surface area contributed by atoms with Crippen LogP contribution in [0.3, 0.4) is 0 Å². The van der Waals surface area contributed by atoms with E-state index in [2.05, 4.69) is 10.3 Å². The van der Waals surface area contributed by atoms with E-state index in [4.69, 9.17) is 0 Å². The summed E-state index contributed by atoms with van der Waals surface area (Å²) < 4.78 is 0. The molecule has 1 aliphatic rings. The molecule has 2 aromatic rings. The molecule has 2 heterocycles. The second kappa shape index (κ2) is 8.65. The van der Waals surface area contributed by atoms with Crippen molar-refractivity contribution >= 4 is 23.9 Å². The molecular weight excluding hydrogens is 356 g/mol. The van der Waals surface area contributed by atoms with Gasteiger partial charge in [0.05, 0.1) is 0 Å². The van der Waals surface area contributed by atoms with Crippen LogP contribution in [0.2, 0.25) is 0 Å².